The molecule has 1 heterocycles. The van der Waals surface area contributed by atoms with Gasteiger partial charge >= 0.3 is 0 Å². The lowest BCUT2D eigenvalue weighted by atomic mass is 9.93. The molecule has 1 saturated heterocycles. The summed E-state index contributed by atoms with van der Waals surface area (Å²) in [6, 6.07) is 4.56. The molecule has 0 aromatic heterocycles. The number of amides is 1. The van der Waals surface area contributed by atoms with Crippen LogP contribution < -0.4 is 0 Å². The molecule has 6 heteroatoms. The second-order valence-electron chi connectivity index (χ2n) is 5.65. The Morgan fingerprint density at radius 3 is 2.86 bits per heavy atom. The molecule has 2 rings (SSSR count). The van der Waals surface area contributed by atoms with E-state index in [1.165, 1.54) is 6.07 Å². The lowest BCUT2D eigenvalue weighted by molar-refractivity contribution is -0.385. The highest BCUT2D eigenvalue weighted by Gasteiger charge is 2.27. The third-order valence-electron chi connectivity index (χ3n) is 4.08. The Hall–Kier alpha value is -1.95. The second kappa shape index (κ2) is 6.22. The maximum Gasteiger partial charge on any atom is 0.273 e. The Morgan fingerprint density at radius 2 is 2.24 bits per heavy atom. The fourth-order valence-corrected chi connectivity index (χ4v) is 2.71. The third kappa shape index (κ3) is 3.39. The highest BCUT2D eigenvalue weighted by molar-refractivity contribution is 5.95. The molecule has 1 aliphatic heterocycles. The topological polar surface area (TPSA) is 83.7 Å². The third-order valence-corrected chi connectivity index (χ3v) is 4.08. The molecule has 1 fully saturated rings. The number of aliphatic hydroxyl groups is 1. The first-order chi connectivity index (χ1) is 9.90. The van der Waals surface area contributed by atoms with E-state index in [9.17, 15) is 20.0 Å². The largest absolute Gasteiger partial charge is 0.393 e. The molecular weight excluding hydrogens is 272 g/mol. The van der Waals surface area contributed by atoms with Crippen LogP contribution in [0.4, 0.5) is 5.69 Å². The summed E-state index contributed by atoms with van der Waals surface area (Å²) < 4.78 is 0. The van der Waals surface area contributed by atoms with Crippen LogP contribution in [0.3, 0.4) is 0 Å². The molecule has 2 unspecified atom stereocenters. The quantitative estimate of drug-likeness (QED) is 0.683. The summed E-state index contributed by atoms with van der Waals surface area (Å²) in [5.41, 5.74) is 0.834. The molecule has 21 heavy (non-hydrogen) atoms. The number of nitrogens with zero attached hydrogens (tertiary/aromatic N) is 2. The number of benzene rings is 1. The first-order valence-electron chi connectivity index (χ1n) is 7.12. The number of nitro benzene ring substituents is 1. The predicted molar refractivity (Wildman–Crippen MR) is 78.1 cm³/mol. The maximum atomic E-state index is 12.5. The molecule has 1 aliphatic rings. The van der Waals surface area contributed by atoms with Gasteiger partial charge in [-0.1, -0.05) is 6.07 Å². The minimum atomic E-state index is -0.471. The van der Waals surface area contributed by atoms with Crippen LogP contribution in [-0.4, -0.2) is 40.0 Å². The van der Waals surface area contributed by atoms with Gasteiger partial charge in [-0.15, -0.1) is 0 Å². The average Bonchev–Trinajstić information content (AvgIpc) is 2.46. The van der Waals surface area contributed by atoms with Crippen molar-refractivity contribution in [1.29, 1.82) is 0 Å². The molecule has 6 nitrogen and oxygen atoms in total. The van der Waals surface area contributed by atoms with E-state index in [0.717, 1.165) is 12.8 Å². The number of nitro groups is 1. The van der Waals surface area contributed by atoms with Crippen molar-refractivity contribution in [2.75, 3.05) is 13.1 Å². The fourth-order valence-electron chi connectivity index (χ4n) is 2.71. The number of aliphatic hydroxyl groups excluding tert-OH is 1. The Bertz CT molecular complexity index is 557. The zero-order valence-electron chi connectivity index (χ0n) is 12.3. The molecule has 0 aliphatic carbocycles. The van der Waals surface area contributed by atoms with Gasteiger partial charge in [-0.2, -0.15) is 0 Å². The summed E-state index contributed by atoms with van der Waals surface area (Å²) in [7, 11) is 0. The Kier molecular flexibility index (Phi) is 4.57. The lowest BCUT2D eigenvalue weighted by Gasteiger charge is -2.34. The standard InChI is InChI=1S/C15H20N2O4/c1-10-5-6-12(8-14(10)17(20)21)15(19)16-7-3-4-13(9-16)11(2)18/h5-6,8,11,13,18H,3-4,7,9H2,1-2H3. The molecule has 114 valence electrons. The molecule has 1 aromatic carbocycles. The van der Waals surface area contributed by atoms with Crippen molar-refractivity contribution in [3.8, 4) is 0 Å². The number of hydrogen-bond donors (Lipinski definition) is 1. The summed E-state index contributed by atoms with van der Waals surface area (Å²) in [6.07, 6.45) is 1.29. The van der Waals surface area contributed by atoms with E-state index in [1.807, 2.05) is 0 Å². The number of likely N-dealkylation sites (tertiary alicyclic amines) is 1. The molecule has 0 bridgehead atoms. The lowest BCUT2D eigenvalue weighted by Crippen LogP contribution is -2.42. The van der Waals surface area contributed by atoms with E-state index >= 15 is 0 Å². The first kappa shape index (κ1) is 15.4. The van der Waals surface area contributed by atoms with Crippen molar-refractivity contribution in [3.63, 3.8) is 0 Å². The number of aryl methyl sites for hydroxylation is 1. The minimum Gasteiger partial charge on any atom is -0.393 e. The number of piperidine rings is 1. The summed E-state index contributed by atoms with van der Waals surface area (Å²) in [5.74, 6) is -0.133. The summed E-state index contributed by atoms with van der Waals surface area (Å²) in [4.78, 5) is 24.6. The molecule has 1 N–H and O–H groups in total. The van der Waals surface area contributed by atoms with Crippen LogP contribution in [0, 0.1) is 23.0 Å². The van der Waals surface area contributed by atoms with Gasteiger partial charge in [-0.3, -0.25) is 14.9 Å². The highest BCUT2D eigenvalue weighted by atomic mass is 16.6. The van der Waals surface area contributed by atoms with Gasteiger partial charge in [-0.05, 0) is 32.8 Å². The number of carbonyl (C=O) groups is 1. The summed E-state index contributed by atoms with van der Waals surface area (Å²) in [6.45, 7) is 4.51. The molecule has 0 spiro atoms. The molecular formula is C15H20N2O4. The van der Waals surface area contributed by atoms with E-state index in [0.29, 0.717) is 24.2 Å². The Balaban J connectivity index is 2.20. The molecule has 0 radical (unpaired) electrons. The SMILES string of the molecule is Cc1ccc(C(=O)N2CCCC(C(C)O)C2)cc1[N+](=O)[O-]. The smallest absolute Gasteiger partial charge is 0.273 e. The zero-order chi connectivity index (χ0) is 15.6. The van der Waals surface area contributed by atoms with Crippen LogP contribution in [0.15, 0.2) is 18.2 Å². The van der Waals surface area contributed by atoms with Crippen LogP contribution >= 0.6 is 0 Å². The molecule has 1 aromatic rings. The van der Waals surface area contributed by atoms with Crippen molar-refractivity contribution in [1.82, 2.24) is 4.90 Å². The van der Waals surface area contributed by atoms with Crippen molar-refractivity contribution in [3.05, 3.63) is 39.4 Å². The number of carbonyl (C=O) groups excluding carboxylic acids is 1. The van der Waals surface area contributed by atoms with Crippen LogP contribution in [0.25, 0.3) is 0 Å². The van der Waals surface area contributed by atoms with Gasteiger partial charge in [-0.25, -0.2) is 0 Å². The number of rotatable bonds is 3. The highest BCUT2D eigenvalue weighted by Crippen LogP contribution is 2.24. The predicted octanol–water partition coefficient (Wildman–Crippen LogP) is 2.14. The van der Waals surface area contributed by atoms with Crippen molar-refractivity contribution in [2.45, 2.75) is 32.8 Å². The first-order valence-corrected chi connectivity index (χ1v) is 7.12. The van der Waals surface area contributed by atoms with Crippen LogP contribution in [0.2, 0.25) is 0 Å². The van der Waals surface area contributed by atoms with E-state index in [-0.39, 0.29) is 17.5 Å². The van der Waals surface area contributed by atoms with Gasteiger partial charge in [0.1, 0.15) is 0 Å². The van der Waals surface area contributed by atoms with Crippen molar-refractivity contribution < 1.29 is 14.8 Å². The summed E-state index contributed by atoms with van der Waals surface area (Å²) in [5, 5.41) is 20.6. The molecule has 0 saturated carbocycles. The Labute approximate surface area is 123 Å². The van der Waals surface area contributed by atoms with Gasteiger partial charge in [0.05, 0.1) is 11.0 Å². The van der Waals surface area contributed by atoms with Crippen molar-refractivity contribution in [2.24, 2.45) is 5.92 Å². The average molecular weight is 292 g/mol. The number of hydrogen-bond acceptors (Lipinski definition) is 4. The van der Waals surface area contributed by atoms with Crippen LogP contribution in [0.1, 0.15) is 35.7 Å². The van der Waals surface area contributed by atoms with E-state index in [2.05, 4.69) is 0 Å². The monoisotopic (exact) mass is 292 g/mol. The van der Waals surface area contributed by atoms with E-state index in [4.69, 9.17) is 0 Å². The van der Waals surface area contributed by atoms with E-state index in [1.54, 1.807) is 30.9 Å². The zero-order valence-corrected chi connectivity index (χ0v) is 12.3. The van der Waals surface area contributed by atoms with Crippen LogP contribution in [-0.2, 0) is 0 Å². The normalized spacial score (nSPS) is 20.1. The minimum absolute atomic E-state index is 0.0371. The Morgan fingerprint density at radius 1 is 1.52 bits per heavy atom. The van der Waals surface area contributed by atoms with E-state index < -0.39 is 11.0 Å². The van der Waals surface area contributed by atoms with Gasteiger partial charge in [0.25, 0.3) is 11.6 Å². The summed E-state index contributed by atoms with van der Waals surface area (Å²) >= 11 is 0. The van der Waals surface area contributed by atoms with Gasteiger partial charge in [0.15, 0.2) is 0 Å². The fraction of sp³-hybridized carbons (Fsp3) is 0.533. The maximum absolute atomic E-state index is 12.5. The molecule has 1 amide bonds. The van der Waals surface area contributed by atoms with Crippen LogP contribution in [0.5, 0.6) is 0 Å². The van der Waals surface area contributed by atoms with Gasteiger partial charge in [0, 0.05) is 36.2 Å². The van der Waals surface area contributed by atoms with Crippen molar-refractivity contribution >= 4 is 11.6 Å². The van der Waals surface area contributed by atoms with Gasteiger partial charge < -0.3 is 10.0 Å². The van der Waals surface area contributed by atoms with Gasteiger partial charge in [0.2, 0.25) is 0 Å². The second-order valence-corrected chi connectivity index (χ2v) is 5.65. The molecule has 2 atom stereocenters.